The van der Waals surface area contributed by atoms with Crippen molar-refractivity contribution < 1.29 is 15.0 Å². The van der Waals surface area contributed by atoms with Gasteiger partial charge < -0.3 is 10.2 Å². The van der Waals surface area contributed by atoms with E-state index >= 15 is 0 Å². The maximum atomic E-state index is 10.5. The summed E-state index contributed by atoms with van der Waals surface area (Å²) in [5.41, 5.74) is 4.68. The highest BCUT2D eigenvalue weighted by atomic mass is 16.3. The lowest BCUT2D eigenvalue weighted by molar-refractivity contribution is -0.104. The molecule has 0 amide bonds. The predicted molar refractivity (Wildman–Crippen MR) is 127 cm³/mol. The van der Waals surface area contributed by atoms with Gasteiger partial charge in [0, 0.05) is 6.07 Å². The van der Waals surface area contributed by atoms with E-state index in [2.05, 4.69) is 0 Å². The molecule has 0 aliphatic heterocycles. The fraction of sp³-hybridized carbons (Fsp3) is 0.148. The summed E-state index contributed by atoms with van der Waals surface area (Å²) in [6.45, 7) is 7.78. The first-order valence-corrected chi connectivity index (χ1v) is 9.68. The minimum absolute atomic E-state index is 0.0379. The Bertz CT molecular complexity index is 942. The average molecular weight is 403 g/mol. The predicted octanol–water partition coefficient (Wildman–Crippen LogP) is 6.76. The third-order valence-corrected chi connectivity index (χ3v) is 3.92. The Morgan fingerprint density at radius 2 is 1.07 bits per heavy atom. The van der Waals surface area contributed by atoms with Crippen LogP contribution >= 0.6 is 0 Å². The van der Waals surface area contributed by atoms with Gasteiger partial charge in [-0.15, -0.1) is 0 Å². The molecule has 2 N–H and O–H groups in total. The molecule has 0 fully saturated rings. The van der Waals surface area contributed by atoms with Crippen LogP contribution in [0.3, 0.4) is 0 Å². The van der Waals surface area contributed by atoms with Gasteiger partial charge in [-0.3, -0.25) is 4.79 Å². The number of aromatic hydroxyl groups is 2. The fourth-order valence-corrected chi connectivity index (χ4v) is 2.27. The smallest absolute Gasteiger partial charge is 0.145 e. The Morgan fingerprint density at radius 1 is 0.633 bits per heavy atom. The Balaban J connectivity index is 2.61. The second kappa shape index (κ2) is 13.6. The van der Waals surface area contributed by atoms with Crippen molar-refractivity contribution in [3.05, 3.63) is 113 Å². The number of phenols is 2. The molecule has 3 heteroatoms. The Labute approximate surface area is 179 Å². The van der Waals surface area contributed by atoms with Crippen molar-refractivity contribution in [1.29, 1.82) is 0 Å². The van der Waals surface area contributed by atoms with Crippen molar-refractivity contribution in [1.82, 2.24) is 0 Å². The lowest BCUT2D eigenvalue weighted by atomic mass is 10.1. The molecule has 0 aliphatic rings. The number of benzene rings is 1. The second-order valence-electron chi connectivity index (χ2n) is 6.98. The molecular formula is C27H30O3. The summed E-state index contributed by atoms with van der Waals surface area (Å²) in [4.78, 5) is 10.5. The highest BCUT2D eigenvalue weighted by molar-refractivity contribution is 5.72. The highest BCUT2D eigenvalue weighted by Gasteiger charge is 1.95. The van der Waals surface area contributed by atoms with Gasteiger partial charge in [0.1, 0.15) is 17.8 Å². The average Bonchev–Trinajstić information content (AvgIpc) is 2.69. The van der Waals surface area contributed by atoms with Crippen LogP contribution in [0, 0.1) is 0 Å². The van der Waals surface area contributed by atoms with Crippen LogP contribution in [0.15, 0.2) is 107 Å². The fourth-order valence-electron chi connectivity index (χ4n) is 2.27. The van der Waals surface area contributed by atoms with Gasteiger partial charge in [-0.05, 0) is 51.0 Å². The van der Waals surface area contributed by atoms with Crippen molar-refractivity contribution in [2.75, 3.05) is 0 Å². The van der Waals surface area contributed by atoms with E-state index in [9.17, 15) is 15.0 Å². The molecule has 0 unspecified atom stereocenters. The molecule has 156 valence electrons. The number of hydrogen-bond acceptors (Lipinski definition) is 3. The van der Waals surface area contributed by atoms with Gasteiger partial charge in [-0.2, -0.15) is 0 Å². The third kappa shape index (κ3) is 11.3. The van der Waals surface area contributed by atoms with Crippen LogP contribution < -0.4 is 0 Å². The SMILES string of the molecule is C\C(C=O)=C/C=C/C(C)=C/C=C/C=C(C)/C=C/C=C(C)/C=C/c1cc(O)cc(O)c1. The van der Waals surface area contributed by atoms with Crippen molar-refractivity contribution in [3.63, 3.8) is 0 Å². The van der Waals surface area contributed by atoms with Crippen LogP contribution in [0.1, 0.15) is 33.3 Å². The molecule has 0 radical (unpaired) electrons. The number of carbonyl (C=O) groups is 1. The summed E-state index contributed by atoms with van der Waals surface area (Å²) in [5, 5.41) is 19.0. The van der Waals surface area contributed by atoms with Crippen molar-refractivity contribution in [3.8, 4) is 11.5 Å². The Morgan fingerprint density at radius 3 is 1.57 bits per heavy atom. The van der Waals surface area contributed by atoms with Gasteiger partial charge in [0.15, 0.2) is 0 Å². The van der Waals surface area contributed by atoms with E-state index in [1.165, 1.54) is 6.07 Å². The molecule has 1 rings (SSSR count). The number of phenolic OH excluding ortho intramolecular Hbond substituents is 2. The lowest BCUT2D eigenvalue weighted by Gasteiger charge is -1.98. The number of aldehydes is 1. The molecule has 0 bridgehead atoms. The van der Waals surface area contributed by atoms with E-state index in [-0.39, 0.29) is 11.5 Å². The summed E-state index contributed by atoms with van der Waals surface area (Å²) >= 11 is 0. The first-order valence-electron chi connectivity index (χ1n) is 9.68. The largest absolute Gasteiger partial charge is 0.508 e. The minimum Gasteiger partial charge on any atom is -0.508 e. The third-order valence-electron chi connectivity index (χ3n) is 3.92. The summed E-state index contributed by atoms with van der Waals surface area (Å²) in [5.74, 6) is 0.0757. The molecule has 0 atom stereocenters. The highest BCUT2D eigenvalue weighted by Crippen LogP contribution is 2.21. The second-order valence-corrected chi connectivity index (χ2v) is 6.98. The number of rotatable bonds is 9. The van der Waals surface area contributed by atoms with Crippen LogP contribution in [-0.4, -0.2) is 16.5 Å². The quantitative estimate of drug-likeness (QED) is 0.272. The summed E-state index contributed by atoms with van der Waals surface area (Å²) in [7, 11) is 0. The Hall–Kier alpha value is -3.59. The minimum atomic E-state index is 0.0379. The van der Waals surface area contributed by atoms with E-state index < -0.39 is 0 Å². The molecule has 30 heavy (non-hydrogen) atoms. The molecule has 1 aromatic rings. The van der Waals surface area contributed by atoms with Crippen molar-refractivity contribution in [2.24, 2.45) is 0 Å². The van der Waals surface area contributed by atoms with Crippen LogP contribution in [0.4, 0.5) is 0 Å². The van der Waals surface area contributed by atoms with Crippen LogP contribution in [0.5, 0.6) is 11.5 Å². The Kier molecular flexibility index (Phi) is 11.1. The zero-order chi connectivity index (χ0) is 22.4. The maximum Gasteiger partial charge on any atom is 0.145 e. The zero-order valence-corrected chi connectivity index (χ0v) is 18.0. The van der Waals surface area contributed by atoms with Crippen LogP contribution in [-0.2, 0) is 4.79 Å². The van der Waals surface area contributed by atoms with Crippen LogP contribution in [0.25, 0.3) is 6.08 Å². The van der Waals surface area contributed by atoms with E-state index in [0.29, 0.717) is 5.57 Å². The molecule has 0 heterocycles. The topological polar surface area (TPSA) is 57.5 Å². The van der Waals surface area contributed by atoms with Gasteiger partial charge in [-0.1, -0.05) is 89.6 Å². The molecule has 0 aromatic heterocycles. The zero-order valence-electron chi connectivity index (χ0n) is 18.0. The summed E-state index contributed by atoms with van der Waals surface area (Å²) in [6.07, 6.45) is 24.1. The van der Waals surface area contributed by atoms with E-state index in [1.54, 1.807) is 25.1 Å². The molecule has 0 spiro atoms. The van der Waals surface area contributed by atoms with Crippen LogP contribution in [0.2, 0.25) is 0 Å². The molecular weight excluding hydrogens is 372 g/mol. The molecule has 0 aliphatic carbocycles. The molecule has 3 nitrogen and oxygen atoms in total. The number of allylic oxidation sites excluding steroid dienone is 15. The van der Waals surface area contributed by atoms with Crippen molar-refractivity contribution in [2.45, 2.75) is 27.7 Å². The number of hydrogen-bond donors (Lipinski definition) is 2. The van der Waals surface area contributed by atoms with E-state index in [1.807, 2.05) is 87.6 Å². The van der Waals surface area contributed by atoms with Gasteiger partial charge in [-0.25, -0.2) is 0 Å². The summed E-state index contributed by atoms with van der Waals surface area (Å²) in [6, 6.07) is 4.48. The van der Waals surface area contributed by atoms with Crippen molar-refractivity contribution >= 4 is 12.4 Å². The van der Waals surface area contributed by atoms with E-state index in [4.69, 9.17) is 0 Å². The first kappa shape index (κ1) is 24.4. The van der Waals surface area contributed by atoms with E-state index in [0.717, 1.165) is 28.6 Å². The van der Waals surface area contributed by atoms with Gasteiger partial charge >= 0.3 is 0 Å². The first-order chi connectivity index (χ1) is 14.3. The lowest BCUT2D eigenvalue weighted by Crippen LogP contribution is -1.74. The normalized spacial score (nSPS) is 14.7. The maximum absolute atomic E-state index is 10.5. The standard InChI is InChI=1S/C27H30O3/c1-21(9-5-6-10-22(2)12-8-14-24(4)20-28)11-7-13-23(3)15-16-25-17-26(29)19-27(30)18-25/h5-20,29-30H,1-4H3/b6-5+,11-7+,12-8+,16-15+,21-9+,22-10+,23-13+,24-14+. The summed E-state index contributed by atoms with van der Waals surface area (Å²) < 4.78 is 0. The molecule has 1 aromatic carbocycles. The van der Waals surface area contributed by atoms with Gasteiger partial charge in [0.05, 0.1) is 0 Å². The monoisotopic (exact) mass is 402 g/mol. The molecule has 0 saturated heterocycles. The molecule has 0 saturated carbocycles. The number of carbonyl (C=O) groups excluding carboxylic acids is 1. The van der Waals surface area contributed by atoms with Gasteiger partial charge in [0.25, 0.3) is 0 Å². The van der Waals surface area contributed by atoms with Gasteiger partial charge in [0.2, 0.25) is 0 Å².